The Labute approximate surface area is 120 Å². The number of carbonyl (C=O) groups excluding carboxylic acids is 1. The Morgan fingerprint density at radius 3 is 2.86 bits per heavy atom. The molecule has 0 aliphatic carbocycles. The molecule has 3 rings (SSSR count). The molecule has 0 saturated heterocycles. The van der Waals surface area contributed by atoms with E-state index in [0.717, 1.165) is 6.07 Å². The van der Waals surface area contributed by atoms with E-state index in [4.69, 9.17) is 4.74 Å². The molecule has 0 aromatic heterocycles. The fraction of sp³-hybridized carbons (Fsp3) is 0.188. The number of carbonyl (C=O) groups is 1. The second-order valence-corrected chi connectivity index (χ2v) is 4.84. The predicted octanol–water partition coefficient (Wildman–Crippen LogP) is 3.31. The predicted molar refractivity (Wildman–Crippen MR) is 75.0 cm³/mol. The Kier molecular flexibility index (Phi) is 3.33. The third kappa shape index (κ3) is 2.24. The first-order chi connectivity index (χ1) is 10.1. The van der Waals surface area contributed by atoms with E-state index < -0.39 is 23.0 Å². The maximum absolute atomic E-state index is 14.1. The van der Waals surface area contributed by atoms with Crippen molar-refractivity contribution in [3.05, 3.63) is 58.7 Å². The molecule has 1 heterocycles. The lowest BCUT2D eigenvalue weighted by Crippen LogP contribution is -2.20. The van der Waals surface area contributed by atoms with Gasteiger partial charge in [0.15, 0.2) is 5.75 Å². The summed E-state index contributed by atoms with van der Waals surface area (Å²) in [7, 11) is 0. The Morgan fingerprint density at radius 2 is 2.05 bits per heavy atom. The van der Waals surface area contributed by atoms with Gasteiger partial charge in [-0.25, -0.2) is 8.78 Å². The van der Waals surface area contributed by atoms with Crippen molar-refractivity contribution in [2.45, 2.75) is 6.92 Å². The van der Waals surface area contributed by atoms with Crippen LogP contribution in [-0.4, -0.2) is 18.9 Å². The molecule has 108 valence electrons. The van der Waals surface area contributed by atoms with Gasteiger partial charge in [0, 0.05) is 6.54 Å². The van der Waals surface area contributed by atoms with Crippen molar-refractivity contribution in [1.82, 2.24) is 0 Å². The second kappa shape index (κ2) is 5.16. The van der Waals surface area contributed by atoms with Gasteiger partial charge in [0.2, 0.25) is 5.78 Å². The van der Waals surface area contributed by atoms with Gasteiger partial charge in [-0.05, 0) is 30.7 Å². The number of hydrogen-bond acceptors (Lipinski definition) is 3. The molecule has 1 aliphatic heterocycles. The molecule has 1 aliphatic rings. The van der Waals surface area contributed by atoms with E-state index in [1.807, 2.05) is 0 Å². The fourth-order valence-electron chi connectivity index (χ4n) is 2.35. The number of ketones is 1. The van der Waals surface area contributed by atoms with Gasteiger partial charge in [-0.3, -0.25) is 4.79 Å². The highest BCUT2D eigenvalue weighted by atomic mass is 19.1. The standard InChI is InChI=1S/C16H13F2NO2/c1-9-5-6-11(17)13(14(9)18)15(20)10-3-2-4-12-16(10)21-8-7-19-12/h2-6,19H,7-8H2,1H3. The number of ether oxygens (including phenoxy) is 1. The average Bonchev–Trinajstić information content (AvgIpc) is 2.50. The van der Waals surface area contributed by atoms with Gasteiger partial charge in [-0.2, -0.15) is 0 Å². The molecule has 0 spiro atoms. The Hall–Kier alpha value is -2.43. The van der Waals surface area contributed by atoms with Crippen LogP contribution in [0.15, 0.2) is 30.3 Å². The number of aryl methyl sites for hydroxylation is 1. The van der Waals surface area contributed by atoms with Crippen LogP contribution in [0.3, 0.4) is 0 Å². The number of rotatable bonds is 2. The molecule has 0 amide bonds. The van der Waals surface area contributed by atoms with Crippen molar-refractivity contribution in [3.8, 4) is 5.75 Å². The monoisotopic (exact) mass is 289 g/mol. The van der Waals surface area contributed by atoms with Crippen LogP contribution in [-0.2, 0) is 0 Å². The molecule has 2 aromatic carbocycles. The van der Waals surface area contributed by atoms with E-state index in [-0.39, 0.29) is 11.1 Å². The highest BCUT2D eigenvalue weighted by molar-refractivity contribution is 6.12. The summed E-state index contributed by atoms with van der Waals surface area (Å²) in [6, 6.07) is 7.32. The van der Waals surface area contributed by atoms with Crippen LogP contribution in [0.4, 0.5) is 14.5 Å². The average molecular weight is 289 g/mol. The summed E-state index contributed by atoms with van der Waals surface area (Å²) in [5.41, 5.74) is 0.491. The van der Waals surface area contributed by atoms with Gasteiger partial charge >= 0.3 is 0 Å². The summed E-state index contributed by atoms with van der Waals surface area (Å²) >= 11 is 0. The fourth-order valence-corrected chi connectivity index (χ4v) is 2.35. The van der Waals surface area contributed by atoms with Crippen LogP contribution in [0, 0.1) is 18.6 Å². The Bertz CT molecular complexity index is 728. The molecule has 0 radical (unpaired) electrons. The molecule has 0 atom stereocenters. The molecule has 3 nitrogen and oxygen atoms in total. The lowest BCUT2D eigenvalue weighted by molar-refractivity contribution is 0.102. The van der Waals surface area contributed by atoms with Gasteiger partial charge in [-0.15, -0.1) is 0 Å². The smallest absolute Gasteiger partial charge is 0.202 e. The number of benzene rings is 2. The topological polar surface area (TPSA) is 38.3 Å². The van der Waals surface area contributed by atoms with Crippen LogP contribution < -0.4 is 10.1 Å². The van der Waals surface area contributed by atoms with Crippen molar-refractivity contribution in [2.75, 3.05) is 18.5 Å². The summed E-state index contributed by atoms with van der Waals surface area (Å²) in [6.07, 6.45) is 0. The normalized spacial score (nSPS) is 13.1. The van der Waals surface area contributed by atoms with Crippen LogP contribution in [0.2, 0.25) is 0 Å². The van der Waals surface area contributed by atoms with Crippen LogP contribution in [0.5, 0.6) is 5.75 Å². The summed E-state index contributed by atoms with van der Waals surface area (Å²) in [5, 5.41) is 3.09. The minimum Gasteiger partial charge on any atom is -0.489 e. The van der Waals surface area contributed by atoms with Crippen molar-refractivity contribution in [3.63, 3.8) is 0 Å². The van der Waals surface area contributed by atoms with Crippen molar-refractivity contribution in [1.29, 1.82) is 0 Å². The number of halogens is 2. The molecule has 0 fully saturated rings. The number of anilines is 1. The van der Waals surface area contributed by atoms with Crippen molar-refractivity contribution < 1.29 is 18.3 Å². The summed E-state index contributed by atoms with van der Waals surface area (Å²) in [4.78, 5) is 12.5. The van der Waals surface area contributed by atoms with Gasteiger partial charge in [0.25, 0.3) is 0 Å². The Balaban J connectivity index is 2.14. The van der Waals surface area contributed by atoms with Gasteiger partial charge in [0.05, 0.1) is 16.8 Å². The first-order valence-corrected chi connectivity index (χ1v) is 6.58. The van der Waals surface area contributed by atoms with Gasteiger partial charge in [-0.1, -0.05) is 12.1 Å². The molecule has 0 saturated carbocycles. The quantitative estimate of drug-likeness (QED) is 0.862. The number of nitrogens with one attached hydrogen (secondary N) is 1. The zero-order valence-electron chi connectivity index (χ0n) is 11.4. The minimum atomic E-state index is -0.871. The van der Waals surface area contributed by atoms with E-state index >= 15 is 0 Å². The number of para-hydroxylation sites is 1. The molecular weight excluding hydrogens is 276 g/mol. The first-order valence-electron chi connectivity index (χ1n) is 6.58. The van der Waals surface area contributed by atoms with E-state index in [0.29, 0.717) is 24.6 Å². The van der Waals surface area contributed by atoms with E-state index in [1.54, 1.807) is 12.1 Å². The SMILES string of the molecule is Cc1ccc(F)c(C(=O)c2cccc3c2OCCN3)c1F. The summed E-state index contributed by atoms with van der Waals surface area (Å²) < 4.78 is 33.5. The highest BCUT2D eigenvalue weighted by Crippen LogP contribution is 2.33. The lowest BCUT2D eigenvalue weighted by Gasteiger charge is -2.21. The molecular formula is C16H13F2NO2. The maximum Gasteiger partial charge on any atom is 0.202 e. The van der Waals surface area contributed by atoms with Crippen LogP contribution >= 0.6 is 0 Å². The lowest BCUT2D eigenvalue weighted by atomic mass is 9.98. The first kappa shape index (κ1) is 13.5. The van der Waals surface area contributed by atoms with Crippen LogP contribution in [0.1, 0.15) is 21.5 Å². The number of hydrogen-bond donors (Lipinski definition) is 1. The largest absolute Gasteiger partial charge is 0.489 e. The van der Waals surface area contributed by atoms with E-state index in [1.165, 1.54) is 19.1 Å². The van der Waals surface area contributed by atoms with E-state index in [2.05, 4.69) is 5.32 Å². The second-order valence-electron chi connectivity index (χ2n) is 4.84. The highest BCUT2D eigenvalue weighted by Gasteiger charge is 2.25. The zero-order chi connectivity index (χ0) is 15.0. The number of fused-ring (bicyclic) bond motifs is 1. The van der Waals surface area contributed by atoms with Gasteiger partial charge < -0.3 is 10.1 Å². The molecule has 0 unspecified atom stereocenters. The third-order valence-electron chi connectivity index (χ3n) is 3.43. The maximum atomic E-state index is 14.1. The van der Waals surface area contributed by atoms with E-state index in [9.17, 15) is 13.6 Å². The minimum absolute atomic E-state index is 0.156. The van der Waals surface area contributed by atoms with Gasteiger partial charge in [0.1, 0.15) is 18.2 Å². The molecule has 21 heavy (non-hydrogen) atoms. The molecule has 0 bridgehead atoms. The zero-order valence-corrected chi connectivity index (χ0v) is 11.4. The molecule has 5 heteroatoms. The molecule has 2 aromatic rings. The molecule has 1 N–H and O–H groups in total. The van der Waals surface area contributed by atoms with Crippen molar-refractivity contribution >= 4 is 11.5 Å². The Morgan fingerprint density at radius 1 is 1.24 bits per heavy atom. The summed E-state index contributed by atoms with van der Waals surface area (Å²) in [6.45, 7) is 2.51. The summed E-state index contributed by atoms with van der Waals surface area (Å²) in [5.74, 6) is -2.07. The third-order valence-corrected chi connectivity index (χ3v) is 3.43. The van der Waals surface area contributed by atoms with Crippen LogP contribution in [0.25, 0.3) is 0 Å². The van der Waals surface area contributed by atoms with Crippen molar-refractivity contribution in [2.24, 2.45) is 0 Å².